The summed E-state index contributed by atoms with van der Waals surface area (Å²) < 4.78 is 2.05. The first kappa shape index (κ1) is 9.96. The topological polar surface area (TPSA) is 34.9 Å². The van der Waals surface area contributed by atoms with E-state index in [1.165, 1.54) is 0 Å². The number of hydrogen-bond acceptors (Lipinski definition) is 2. The highest BCUT2D eigenvalue weighted by molar-refractivity contribution is 5.77. The standard InChI is InChI=1S/C10H16N2O/c1-4-10-11-5-6-12(10)7-8(2)9(3)13/h5-6,8H,4,7H2,1-3H3. The Morgan fingerprint density at radius 2 is 2.38 bits per heavy atom. The third kappa shape index (κ3) is 2.41. The van der Waals surface area contributed by atoms with Crippen LogP contribution in [0.4, 0.5) is 0 Å². The predicted octanol–water partition coefficient (Wildman–Crippen LogP) is 1.67. The minimum Gasteiger partial charge on any atom is -0.334 e. The Morgan fingerprint density at radius 3 is 2.92 bits per heavy atom. The van der Waals surface area contributed by atoms with Crippen LogP contribution in [0.2, 0.25) is 0 Å². The predicted molar refractivity (Wildman–Crippen MR) is 51.5 cm³/mol. The highest BCUT2D eigenvalue weighted by atomic mass is 16.1. The lowest BCUT2D eigenvalue weighted by Crippen LogP contribution is -2.15. The van der Waals surface area contributed by atoms with Gasteiger partial charge in [-0.05, 0) is 6.92 Å². The van der Waals surface area contributed by atoms with E-state index in [9.17, 15) is 4.79 Å². The molecule has 1 rings (SSSR count). The van der Waals surface area contributed by atoms with Crippen LogP contribution in [-0.2, 0) is 17.8 Å². The van der Waals surface area contributed by atoms with Gasteiger partial charge in [-0.2, -0.15) is 0 Å². The molecule has 3 heteroatoms. The molecule has 1 atom stereocenters. The van der Waals surface area contributed by atoms with Crippen LogP contribution in [0.5, 0.6) is 0 Å². The first-order valence-corrected chi connectivity index (χ1v) is 4.65. The Balaban J connectivity index is 2.68. The molecule has 0 spiro atoms. The van der Waals surface area contributed by atoms with Gasteiger partial charge in [0, 0.05) is 31.3 Å². The zero-order chi connectivity index (χ0) is 9.84. The summed E-state index contributed by atoms with van der Waals surface area (Å²) >= 11 is 0. The third-order valence-corrected chi connectivity index (χ3v) is 2.28. The van der Waals surface area contributed by atoms with Crippen molar-refractivity contribution in [1.29, 1.82) is 0 Å². The number of carbonyl (C=O) groups excluding carboxylic acids is 1. The molecule has 0 aliphatic heterocycles. The number of aryl methyl sites for hydroxylation is 1. The van der Waals surface area contributed by atoms with Gasteiger partial charge in [-0.25, -0.2) is 4.98 Å². The second-order valence-corrected chi connectivity index (χ2v) is 3.36. The summed E-state index contributed by atoms with van der Waals surface area (Å²) in [6.45, 7) is 6.39. The largest absolute Gasteiger partial charge is 0.334 e. The summed E-state index contributed by atoms with van der Waals surface area (Å²) in [7, 11) is 0. The number of aromatic nitrogens is 2. The molecule has 0 aliphatic rings. The number of nitrogens with zero attached hydrogens (tertiary/aromatic N) is 2. The maximum absolute atomic E-state index is 11.0. The van der Waals surface area contributed by atoms with Gasteiger partial charge in [0.25, 0.3) is 0 Å². The van der Waals surface area contributed by atoms with E-state index in [1.807, 2.05) is 17.7 Å². The van der Waals surface area contributed by atoms with E-state index in [0.717, 1.165) is 18.8 Å². The lowest BCUT2D eigenvalue weighted by atomic mass is 10.1. The zero-order valence-corrected chi connectivity index (χ0v) is 8.45. The van der Waals surface area contributed by atoms with Crippen LogP contribution in [0.3, 0.4) is 0 Å². The normalized spacial score (nSPS) is 12.8. The molecule has 0 amide bonds. The number of ketones is 1. The summed E-state index contributed by atoms with van der Waals surface area (Å²) in [4.78, 5) is 15.2. The van der Waals surface area contributed by atoms with Crippen molar-refractivity contribution in [2.24, 2.45) is 5.92 Å². The molecule has 0 N–H and O–H groups in total. The highest BCUT2D eigenvalue weighted by Gasteiger charge is 2.09. The zero-order valence-electron chi connectivity index (χ0n) is 8.45. The molecule has 0 saturated carbocycles. The Bertz CT molecular complexity index is 291. The molecule has 72 valence electrons. The van der Waals surface area contributed by atoms with Gasteiger partial charge in [-0.15, -0.1) is 0 Å². The Morgan fingerprint density at radius 1 is 1.69 bits per heavy atom. The molecule has 0 aromatic carbocycles. The van der Waals surface area contributed by atoms with Crippen molar-refractivity contribution in [3.8, 4) is 0 Å². The average Bonchev–Trinajstić information content (AvgIpc) is 2.51. The molecule has 1 aromatic rings. The fourth-order valence-electron chi connectivity index (χ4n) is 1.24. The molecule has 0 bridgehead atoms. The molecule has 0 fully saturated rings. The van der Waals surface area contributed by atoms with Gasteiger partial charge in [-0.3, -0.25) is 4.79 Å². The number of hydrogen-bond donors (Lipinski definition) is 0. The van der Waals surface area contributed by atoms with Crippen LogP contribution in [0, 0.1) is 5.92 Å². The molecular weight excluding hydrogens is 164 g/mol. The minimum absolute atomic E-state index is 0.0829. The summed E-state index contributed by atoms with van der Waals surface area (Å²) in [6.07, 6.45) is 4.63. The van der Waals surface area contributed by atoms with Crippen LogP contribution in [0.1, 0.15) is 26.6 Å². The molecule has 13 heavy (non-hydrogen) atoms. The van der Waals surface area contributed by atoms with Crippen molar-refractivity contribution in [3.05, 3.63) is 18.2 Å². The van der Waals surface area contributed by atoms with Gasteiger partial charge in [0.15, 0.2) is 0 Å². The van der Waals surface area contributed by atoms with Crippen LogP contribution < -0.4 is 0 Å². The van der Waals surface area contributed by atoms with Crippen molar-refractivity contribution < 1.29 is 4.79 Å². The van der Waals surface area contributed by atoms with Gasteiger partial charge in [0.05, 0.1) is 0 Å². The molecule has 1 aromatic heterocycles. The van der Waals surface area contributed by atoms with E-state index >= 15 is 0 Å². The third-order valence-electron chi connectivity index (χ3n) is 2.28. The maximum Gasteiger partial charge on any atom is 0.134 e. The minimum atomic E-state index is 0.0829. The van der Waals surface area contributed by atoms with Gasteiger partial charge < -0.3 is 4.57 Å². The average molecular weight is 180 g/mol. The first-order valence-electron chi connectivity index (χ1n) is 4.65. The Labute approximate surface area is 78.8 Å². The van der Waals surface area contributed by atoms with E-state index in [4.69, 9.17) is 0 Å². The second kappa shape index (κ2) is 4.21. The molecule has 0 saturated heterocycles. The number of imidazole rings is 1. The number of rotatable bonds is 4. The van der Waals surface area contributed by atoms with E-state index in [2.05, 4.69) is 11.9 Å². The number of Topliss-reactive ketones (excluding diaryl/α,β-unsaturated/α-hetero) is 1. The fourth-order valence-corrected chi connectivity index (χ4v) is 1.24. The van der Waals surface area contributed by atoms with E-state index in [-0.39, 0.29) is 11.7 Å². The maximum atomic E-state index is 11.0. The van der Waals surface area contributed by atoms with Crippen LogP contribution in [0.25, 0.3) is 0 Å². The molecule has 3 nitrogen and oxygen atoms in total. The van der Waals surface area contributed by atoms with Crippen LogP contribution >= 0.6 is 0 Å². The van der Waals surface area contributed by atoms with Crippen LogP contribution in [0.15, 0.2) is 12.4 Å². The van der Waals surface area contributed by atoms with Crippen molar-refractivity contribution in [2.75, 3.05) is 0 Å². The highest BCUT2D eigenvalue weighted by Crippen LogP contribution is 2.05. The van der Waals surface area contributed by atoms with Gasteiger partial charge >= 0.3 is 0 Å². The lowest BCUT2D eigenvalue weighted by Gasteiger charge is -2.10. The van der Waals surface area contributed by atoms with Crippen molar-refractivity contribution in [2.45, 2.75) is 33.7 Å². The van der Waals surface area contributed by atoms with E-state index in [1.54, 1.807) is 13.1 Å². The first-order chi connectivity index (χ1) is 6.15. The van der Waals surface area contributed by atoms with Crippen molar-refractivity contribution in [1.82, 2.24) is 9.55 Å². The molecule has 0 radical (unpaired) electrons. The SMILES string of the molecule is CCc1nccn1CC(C)C(C)=O. The fraction of sp³-hybridized carbons (Fsp3) is 0.600. The molecular formula is C10H16N2O. The van der Waals surface area contributed by atoms with Gasteiger partial charge in [0.2, 0.25) is 0 Å². The van der Waals surface area contributed by atoms with Gasteiger partial charge in [-0.1, -0.05) is 13.8 Å². The Kier molecular flexibility index (Phi) is 3.23. The van der Waals surface area contributed by atoms with Crippen molar-refractivity contribution in [3.63, 3.8) is 0 Å². The monoisotopic (exact) mass is 180 g/mol. The van der Waals surface area contributed by atoms with E-state index in [0.29, 0.717) is 0 Å². The molecule has 1 heterocycles. The lowest BCUT2D eigenvalue weighted by molar-refractivity contribution is -0.120. The van der Waals surface area contributed by atoms with E-state index < -0.39 is 0 Å². The quantitative estimate of drug-likeness (QED) is 0.706. The Hall–Kier alpha value is -1.12. The molecule has 0 aliphatic carbocycles. The summed E-state index contributed by atoms with van der Waals surface area (Å²) in [5, 5.41) is 0. The van der Waals surface area contributed by atoms with Crippen LogP contribution in [-0.4, -0.2) is 15.3 Å². The van der Waals surface area contributed by atoms with Crippen molar-refractivity contribution >= 4 is 5.78 Å². The summed E-state index contributed by atoms with van der Waals surface area (Å²) in [5.74, 6) is 1.36. The molecule has 1 unspecified atom stereocenters. The smallest absolute Gasteiger partial charge is 0.134 e. The number of carbonyl (C=O) groups is 1. The summed E-state index contributed by atoms with van der Waals surface area (Å²) in [5.41, 5.74) is 0. The summed E-state index contributed by atoms with van der Waals surface area (Å²) in [6, 6.07) is 0. The van der Waals surface area contributed by atoms with Gasteiger partial charge in [0.1, 0.15) is 11.6 Å². The second-order valence-electron chi connectivity index (χ2n) is 3.36.